The topological polar surface area (TPSA) is 21.3 Å². The van der Waals surface area contributed by atoms with E-state index in [1.807, 2.05) is 7.05 Å². The number of hydrogen-bond acceptors (Lipinski definition) is 2. The Labute approximate surface area is 135 Å². The Morgan fingerprint density at radius 1 is 1.14 bits per heavy atom. The van der Waals surface area contributed by atoms with Crippen LogP contribution in [0.1, 0.15) is 28.3 Å². The maximum atomic E-state index is 5.12. The number of ether oxygens (including phenoxy) is 1. The maximum Gasteiger partial charge on any atom is 0.0585 e. The second-order valence-corrected chi connectivity index (χ2v) is 5.98. The minimum Gasteiger partial charge on any atom is -0.384 e. The molecule has 112 valence electrons. The number of nitrogens with one attached hydrogen (secondary N) is 1. The Hall–Kier alpha value is -1.16. The molecular formula is C18H22BrNO. The van der Waals surface area contributed by atoms with Crippen molar-refractivity contribution >= 4 is 15.9 Å². The first-order valence-electron chi connectivity index (χ1n) is 7.17. The standard InChI is InChI=1S/C18H22BrNO/c1-13-5-4-6-16(17(13)19)18(20-2)15-9-7-14(8-10-15)11-12-21-3/h4-10,18,20H,11-12H2,1-3H3. The molecule has 2 aromatic rings. The first-order chi connectivity index (χ1) is 10.2. The van der Waals surface area contributed by atoms with Gasteiger partial charge in [-0.1, -0.05) is 58.4 Å². The van der Waals surface area contributed by atoms with Crippen LogP contribution in [-0.2, 0) is 11.2 Å². The Balaban J connectivity index is 2.27. The summed E-state index contributed by atoms with van der Waals surface area (Å²) in [5.41, 5.74) is 5.09. The summed E-state index contributed by atoms with van der Waals surface area (Å²) in [7, 11) is 3.74. The predicted octanol–water partition coefficient (Wildman–Crippen LogP) is 4.26. The molecule has 0 spiro atoms. The van der Waals surface area contributed by atoms with Crippen molar-refractivity contribution in [3.63, 3.8) is 0 Å². The van der Waals surface area contributed by atoms with Crippen molar-refractivity contribution in [2.75, 3.05) is 20.8 Å². The van der Waals surface area contributed by atoms with E-state index in [9.17, 15) is 0 Å². The second kappa shape index (κ2) is 7.74. The van der Waals surface area contributed by atoms with Crippen LogP contribution >= 0.6 is 15.9 Å². The van der Waals surface area contributed by atoms with E-state index in [4.69, 9.17) is 4.74 Å². The molecule has 21 heavy (non-hydrogen) atoms. The van der Waals surface area contributed by atoms with Crippen LogP contribution in [-0.4, -0.2) is 20.8 Å². The third-order valence-electron chi connectivity index (χ3n) is 3.73. The summed E-state index contributed by atoms with van der Waals surface area (Å²) in [5.74, 6) is 0. The number of aryl methyl sites for hydroxylation is 1. The fourth-order valence-corrected chi connectivity index (χ4v) is 2.98. The lowest BCUT2D eigenvalue weighted by molar-refractivity contribution is 0.202. The van der Waals surface area contributed by atoms with Gasteiger partial charge in [-0.2, -0.15) is 0 Å². The van der Waals surface area contributed by atoms with Gasteiger partial charge in [0.15, 0.2) is 0 Å². The molecule has 0 aliphatic rings. The minimum atomic E-state index is 0.191. The van der Waals surface area contributed by atoms with E-state index < -0.39 is 0 Å². The Morgan fingerprint density at radius 3 is 2.48 bits per heavy atom. The summed E-state index contributed by atoms with van der Waals surface area (Å²) >= 11 is 3.71. The molecule has 0 aromatic heterocycles. The lowest BCUT2D eigenvalue weighted by Gasteiger charge is -2.20. The summed E-state index contributed by atoms with van der Waals surface area (Å²) < 4.78 is 6.30. The normalized spacial score (nSPS) is 12.4. The predicted molar refractivity (Wildman–Crippen MR) is 91.8 cm³/mol. The average molecular weight is 348 g/mol. The molecule has 0 amide bonds. The van der Waals surface area contributed by atoms with Crippen LogP contribution in [0.5, 0.6) is 0 Å². The fourth-order valence-electron chi connectivity index (χ4n) is 2.49. The summed E-state index contributed by atoms with van der Waals surface area (Å²) in [6, 6.07) is 15.3. The Kier molecular flexibility index (Phi) is 5.97. The van der Waals surface area contributed by atoms with E-state index in [2.05, 4.69) is 70.6 Å². The molecule has 0 radical (unpaired) electrons. The molecule has 2 rings (SSSR count). The Morgan fingerprint density at radius 2 is 1.86 bits per heavy atom. The summed E-state index contributed by atoms with van der Waals surface area (Å²) in [5, 5.41) is 3.41. The zero-order chi connectivity index (χ0) is 15.2. The Bertz CT molecular complexity index is 580. The summed E-state index contributed by atoms with van der Waals surface area (Å²) in [6.07, 6.45) is 0.954. The van der Waals surface area contributed by atoms with E-state index >= 15 is 0 Å². The summed E-state index contributed by atoms with van der Waals surface area (Å²) in [6.45, 7) is 2.88. The van der Waals surface area contributed by atoms with E-state index in [1.54, 1.807) is 7.11 Å². The van der Waals surface area contributed by atoms with Crippen molar-refractivity contribution < 1.29 is 4.74 Å². The molecule has 0 aliphatic carbocycles. The van der Waals surface area contributed by atoms with Gasteiger partial charge in [0.05, 0.1) is 12.6 Å². The molecule has 2 aromatic carbocycles. The molecule has 0 aliphatic heterocycles. The quantitative estimate of drug-likeness (QED) is 0.842. The number of benzene rings is 2. The van der Waals surface area contributed by atoms with E-state index in [0.717, 1.165) is 13.0 Å². The SMILES string of the molecule is CNC(c1ccc(CCOC)cc1)c1cccc(C)c1Br. The number of rotatable bonds is 6. The molecule has 0 saturated heterocycles. The zero-order valence-electron chi connectivity index (χ0n) is 12.8. The van der Waals surface area contributed by atoms with Gasteiger partial charge in [-0.3, -0.25) is 0 Å². The summed E-state index contributed by atoms with van der Waals surface area (Å²) in [4.78, 5) is 0. The zero-order valence-corrected chi connectivity index (χ0v) is 14.4. The molecule has 0 heterocycles. The van der Waals surface area contributed by atoms with E-state index in [1.165, 1.54) is 26.7 Å². The van der Waals surface area contributed by atoms with Gasteiger partial charge >= 0.3 is 0 Å². The van der Waals surface area contributed by atoms with Gasteiger partial charge in [0, 0.05) is 11.6 Å². The number of methoxy groups -OCH3 is 1. The third-order valence-corrected chi connectivity index (χ3v) is 4.81. The second-order valence-electron chi connectivity index (χ2n) is 5.18. The molecule has 2 nitrogen and oxygen atoms in total. The lowest BCUT2D eigenvalue weighted by atomic mass is 9.96. The molecule has 3 heteroatoms. The van der Waals surface area contributed by atoms with Gasteiger partial charge in [-0.05, 0) is 42.6 Å². The molecule has 0 fully saturated rings. The van der Waals surface area contributed by atoms with E-state index in [-0.39, 0.29) is 6.04 Å². The van der Waals surface area contributed by atoms with Crippen LogP contribution in [0.3, 0.4) is 0 Å². The average Bonchev–Trinajstić information content (AvgIpc) is 2.51. The highest BCUT2D eigenvalue weighted by molar-refractivity contribution is 9.10. The van der Waals surface area contributed by atoms with Crippen molar-refractivity contribution in [1.29, 1.82) is 0 Å². The van der Waals surface area contributed by atoms with Crippen LogP contribution in [0.25, 0.3) is 0 Å². The van der Waals surface area contributed by atoms with Crippen molar-refractivity contribution in [3.8, 4) is 0 Å². The van der Waals surface area contributed by atoms with Gasteiger partial charge in [0.25, 0.3) is 0 Å². The first kappa shape index (κ1) is 16.2. The van der Waals surface area contributed by atoms with E-state index in [0.29, 0.717) is 0 Å². The minimum absolute atomic E-state index is 0.191. The smallest absolute Gasteiger partial charge is 0.0585 e. The van der Waals surface area contributed by atoms with Gasteiger partial charge in [0.2, 0.25) is 0 Å². The number of hydrogen-bond donors (Lipinski definition) is 1. The maximum absolute atomic E-state index is 5.12. The van der Waals surface area contributed by atoms with Crippen molar-refractivity contribution in [2.45, 2.75) is 19.4 Å². The number of halogens is 1. The van der Waals surface area contributed by atoms with Gasteiger partial charge in [-0.15, -0.1) is 0 Å². The first-order valence-corrected chi connectivity index (χ1v) is 7.96. The van der Waals surface area contributed by atoms with Crippen LogP contribution < -0.4 is 5.32 Å². The monoisotopic (exact) mass is 347 g/mol. The van der Waals surface area contributed by atoms with Gasteiger partial charge in [-0.25, -0.2) is 0 Å². The van der Waals surface area contributed by atoms with Crippen molar-refractivity contribution in [1.82, 2.24) is 5.32 Å². The van der Waals surface area contributed by atoms with Crippen LogP contribution in [0, 0.1) is 6.92 Å². The molecule has 1 atom stereocenters. The highest BCUT2D eigenvalue weighted by Crippen LogP contribution is 2.30. The molecular weight excluding hydrogens is 326 g/mol. The molecule has 1 unspecified atom stereocenters. The van der Waals surface area contributed by atoms with Gasteiger partial charge < -0.3 is 10.1 Å². The fraction of sp³-hybridized carbons (Fsp3) is 0.333. The highest BCUT2D eigenvalue weighted by Gasteiger charge is 2.15. The van der Waals surface area contributed by atoms with Crippen LogP contribution in [0.15, 0.2) is 46.9 Å². The molecule has 0 bridgehead atoms. The van der Waals surface area contributed by atoms with Crippen molar-refractivity contribution in [3.05, 3.63) is 69.2 Å². The van der Waals surface area contributed by atoms with Crippen molar-refractivity contribution in [2.24, 2.45) is 0 Å². The molecule has 1 N–H and O–H groups in total. The largest absolute Gasteiger partial charge is 0.384 e. The third kappa shape index (κ3) is 3.94. The van der Waals surface area contributed by atoms with Crippen LogP contribution in [0.4, 0.5) is 0 Å². The highest BCUT2D eigenvalue weighted by atomic mass is 79.9. The molecule has 0 saturated carbocycles. The van der Waals surface area contributed by atoms with Gasteiger partial charge in [0.1, 0.15) is 0 Å². The lowest BCUT2D eigenvalue weighted by Crippen LogP contribution is -2.18. The van der Waals surface area contributed by atoms with Crippen LogP contribution in [0.2, 0.25) is 0 Å².